The number of benzene rings is 1. The Morgan fingerprint density at radius 3 is 2.67 bits per heavy atom. The molecule has 0 aliphatic rings. The van der Waals surface area contributed by atoms with Gasteiger partial charge in [0.2, 0.25) is 5.88 Å². The zero-order valence-corrected chi connectivity index (χ0v) is 6.33. The Hall–Kier alpha value is -1.84. The molecule has 1 aromatic carbocycles. The fraction of sp³-hybridized carbons (Fsp3) is 0. The second-order valence-corrected chi connectivity index (χ2v) is 2.66. The summed E-state index contributed by atoms with van der Waals surface area (Å²) < 4.78 is 0. The number of anilines is 2. The van der Waals surface area contributed by atoms with Crippen LogP contribution in [0.4, 0.5) is 11.4 Å². The second kappa shape index (κ2) is 2.07. The van der Waals surface area contributed by atoms with Crippen molar-refractivity contribution in [3.05, 3.63) is 18.2 Å². The van der Waals surface area contributed by atoms with E-state index in [1.54, 1.807) is 12.1 Å². The summed E-state index contributed by atoms with van der Waals surface area (Å²) in [5.74, 6) is -0.0251. The molecule has 0 spiro atoms. The van der Waals surface area contributed by atoms with E-state index in [0.29, 0.717) is 16.8 Å². The van der Waals surface area contributed by atoms with Crippen LogP contribution in [0.25, 0.3) is 10.9 Å². The number of H-pyrrole nitrogens is 1. The minimum absolute atomic E-state index is 0.0251. The van der Waals surface area contributed by atoms with Gasteiger partial charge in [-0.15, -0.1) is 0 Å². The topological polar surface area (TPSA) is 88.1 Å². The summed E-state index contributed by atoms with van der Waals surface area (Å²) in [7, 11) is 0. The predicted molar refractivity (Wildman–Crippen MR) is 48.8 cm³/mol. The molecule has 0 fully saturated rings. The number of rotatable bonds is 0. The minimum Gasteiger partial charge on any atom is -0.493 e. The van der Waals surface area contributed by atoms with Gasteiger partial charge in [0.05, 0.1) is 5.52 Å². The SMILES string of the molecule is Nc1cccc2[nH]c(O)c(N)c12. The first kappa shape index (κ1) is 6.84. The first-order valence-electron chi connectivity index (χ1n) is 3.54. The third-order valence-electron chi connectivity index (χ3n) is 1.87. The maximum atomic E-state index is 9.23. The van der Waals surface area contributed by atoms with Crippen LogP contribution >= 0.6 is 0 Å². The minimum atomic E-state index is -0.0251. The lowest BCUT2D eigenvalue weighted by Gasteiger charge is -1.95. The summed E-state index contributed by atoms with van der Waals surface area (Å²) >= 11 is 0. The van der Waals surface area contributed by atoms with Gasteiger partial charge in [0.15, 0.2) is 0 Å². The van der Waals surface area contributed by atoms with Crippen LogP contribution in [0.3, 0.4) is 0 Å². The number of hydrogen-bond acceptors (Lipinski definition) is 3. The number of aromatic nitrogens is 1. The molecule has 12 heavy (non-hydrogen) atoms. The molecule has 62 valence electrons. The Bertz CT molecular complexity index is 433. The number of fused-ring (bicyclic) bond motifs is 1. The van der Waals surface area contributed by atoms with Gasteiger partial charge >= 0.3 is 0 Å². The van der Waals surface area contributed by atoms with Crippen LogP contribution in [0.15, 0.2) is 18.2 Å². The highest BCUT2D eigenvalue weighted by atomic mass is 16.3. The molecule has 4 heteroatoms. The molecule has 6 N–H and O–H groups in total. The summed E-state index contributed by atoms with van der Waals surface area (Å²) in [4.78, 5) is 2.72. The van der Waals surface area contributed by atoms with Crippen molar-refractivity contribution >= 4 is 22.3 Å². The lowest BCUT2D eigenvalue weighted by Crippen LogP contribution is -1.88. The normalized spacial score (nSPS) is 10.7. The molecule has 0 unspecified atom stereocenters. The molecule has 4 nitrogen and oxygen atoms in total. The van der Waals surface area contributed by atoms with Crippen LogP contribution in [0, 0.1) is 0 Å². The molecule has 0 atom stereocenters. The number of hydrogen-bond donors (Lipinski definition) is 4. The van der Waals surface area contributed by atoms with Gasteiger partial charge in [0.1, 0.15) is 5.69 Å². The summed E-state index contributed by atoms with van der Waals surface area (Å²) in [5, 5.41) is 9.92. The van der Waals surface area contributed by atoms with Crippen LogP contribution in [0.5, 0.6) is 5.88 Å². The molecule has 0 amide bonds. The Balaban J connectivity index is 2.97. The lowest BCUT2D eigenvalue weighted by molar-refractivity contribution is 0.461. The van der Waals surface area contributed by atoms with Crippen molar-refractivity contribution in [2.45, 2.75) is 0 Å². The van der Waals surface area contributed by atoms with Gasteiger partial charge in [0, 0.05) is 11.1 Å². The van der Waals surface area contributed by atoms with Crippen molar-refractivity contribution in [1.29, 1.82) is 0 Å². The fourth-order valence-corrected chi connectivity index (χ4v) is 1.29. The number of aromatic hydroxyl groups is 1. The van der Waals surface area contributed by atoms with E-state index in [-0.39, 0.29) is 5.88 Å². The van der Waals surface area contributed by atoms with Crippen molar-refractivity contribution < 1.29 is 5.11 Å². The second-order valence-electron chi connectivity index (χ2n) is 2.66. The first-order chi connectivity index (χ1) is 5.70. The molecule has 0 saturated heterocycles. The fourth-order valence-electron chi connectivity index (χ4n) is 1.29. The molecular formula is C8H9N3O. The van der Waals surface area contributed by atoms with Gasteiger partial charge in [-0.2, -0.15) is 0 Å². The van der Waals surface area contributed by atoms with Crippen LogP contribution < -0.4 is 11.5 Å². The third-order valence-corrected chi connectivity index (χ3v) is 1.87. The van der Waals surface area contributed by atoms with E-state index < -0.39 is 0 Å². The smallest absolute Gasteiger partial charge is 0.213 e. The number of nitrogens with two attached hydrogens (primary N) is 2. The first-order valence-corrected chi connectivity index (χ1v) is 3.54. The molecular weight excluding hydrogens is 154 g/mol. The molecule has 0 aliphatic carbocycles. The molecule has 0 bridgehead atoms. The number of nitrogens with one attached hydrogen (secondary N) is 1. The predicted octanol–water partition coefficient (Wildman–Crippen LogP) is 1.04. The van der Waals surface area contributed by atoms with Crippen molar-refractivity contribution in [2.75, 3.05) is 11.5 Å². The van der Waals surface area contributed by atoms with Crippen molar-refractivity contribution in [2.24, 2.45) is 0 Å². The highest BCUT2D eigenvalue weighted by molar-refractivity contribution is 6.02. The molecule has 2 aromatic rings. The zero-order valence-electron chi connectivity index (χ0n) is 6.33. The maximum Gasteiger partial charge on any atom is 0.213 e. The summed E-state index contributed by atoms with van der Waals surface area (Å²) in [6, 6.07) is 5.35. The molecule has 2 rings (SSSR count). The quantitative estimate of drug-likeness (QED) is 0.437. The van der Waals surface area contributed by atoms with Crippen molar-refractivity contribution in [3.63, 3.8) is 0 Å². The molecule has 1 aromatic heterocycles. The molecule has 1 heterocycles. The Labute approximate surface area is 68.8 Å². The largest absolute Gasteiger partial charge is 0.493 e. The number of nitrogen functional groups attached to an aromatic ring is 2. The van der Waals surface area contributed by atoms with Crippen LogP contribution in [-0.4, -0.2) is 10.1 Å². The van der Waals surface area contributed by atoms with E-state index >= 15 is 0 Å². The van der Waals surface area contributed by atoms with Crippen molar-refractivity contribution in [3.8, 4) is 5.88 Å². The van der Waals surface area contributed by atoms with E-state index in [0.717, 1.165) is 5.52 Å². The van der Waals surface area contributed by atoms with Crippen LogP contribution in [0.2, 0.25) is 0 Å². The Kier molecular flexibility index (Phi) is 1.18. The summed E-state index contributed by atoms with van der Waals surface area (Å²) in [5.41, 5.74) is 12.9. The molecule has 0 radical (unpaired) electrons. The van der Waals surface area contributed by atoms with E-state index in [2.05, 4.69) is 4.98 Å². The van der Waals surface area contributed by atoms with E-state index in [1.165, 1.54) is 0 Å². The zero-order chi connectivity index (χ0) is 8.72. The van der Waals surface area contributed by atoms with Crippen LogP contribution in [-0.2, 0) is 0 Å². The summed E-state index contributed by atoms with van der Waals surface area (Å²) in [6.07, 6.45) is 0. The highest BCUT2D eigenvalue weighted by Gasteiger charge is 2.08. The molecule has 0 aliphatic heterocycles. The molecule has 0 saturated carbocycles. The van der Waals surface area contributed by atoms with Crippen molar-refractivity contribution in [1.82, 2.24) is 4.98 Å². The Morgan fingerprint density at radius 1 is 1.25 bits per heavy atom. The Morgan fingerprint density at radius 2 is 2.00 bits per heavy atom. The van der Waals surface area contributed by atoms with Gasteiger partial charge in [-0.25, -0.2) is 0 Å². The monoisotopic (exact) mass is 163 g/mol. The van der Waals surface area contributed by atoms with E-state index in [9.17, 15) is 5.11 Å². The maximum absolute atomic E-state index is 9.23. The van der Waals surface area contributed by atoms with Gasteiger partial charge in [-0.3, -0.25) is 0 Å². The van der Waals surface area contributed by atoms with Crippen LogP contribution in [0.1, 0.15) is 0 Å². The lowest BCUT2D eigenvalue weighted by atomic mass is 10.2. The highest BCUT2D eigenvalue weighted by Crippen LogP contribution is 2.33. The van der Waals surface area contributed by atoms with E-state index in [1.807, 2.05) is 6.07 Å². The number of aromatic amines is 1. The van der Waals surface area contributed by atoms with Gasteiger partial charge in [-0.1, -0.05) is 6.07 Å². The summed E-state index contributed by atoms with van der Waals surface area (Å²) in [6.45, 7) is 0. The standard InChI is InChI=1S/C8H9N3O/c9-4-2-1-3-5-6(4)7(10)8(12)11-5/h1-3,11-12H,9-10H2. The van der Waals surface area contributed by atoms with Gasteiger partial charge < -0.3 is 21.6 Å². The average molecular weight is 163 g/mol. The average Bonchev–Trinajstić information content (AvgIpc) is 2.29. The van der Waals surface area contributed by atoms with Gasteiger partial charge in [0.25, 0.3) is 0 Å². The van der Waals surface area contributed by atoms with E-state index in [4.69, 9.17) is 11.5 Å². The third kappa shape index (κ3) is 0.717. The van der Waals surface area contributed by atoms with Gasteiger partial charge in [-0.05, 0) is 12.1 Å².